The second-order valence-corrected chi connectivity index (χ2v) is 9.15. The van der Waals surface area contributed by atoms with Gasteiger partial charge < -0.3 is 20.7 Å². The largest absolute Gasteiger partial charge is 0.444 e. The molecule has 4 rings (SSSR count). The van der Waals surface area contributed by atoms with Gasteiger partial charge in [-0.25, -0.2) is 9.78 Å². The lowest BCUT2D eigenvalue weighted by Gasteiger charge is -2.22. The molecule has 0 bridgehead atoms. The normalized spacial score (nSPS) is 23.5. The number of fused-ring (bicyclic) bond motifs is 1. The molecule has 1 saturated carbocycles. The second-order valence-electron chi connectivity index (χ2n) is 9.15. The van der Waals surface area contributed by atoms with Crippen LogP contribution in [0.2, 0.25) is 0 Å². The number of pyridine rings is 1. The summed E-state index contributed by atoms with van der Waals surface area (Å²) in [5, 5.41) is 3.03. The van der Waals surface area contributed by atoms with E-state index in [9.17, 15) is 4.79 Å². The molecule has 1 aliphatic carbocycles. The maximum Gasteiger partial charge on any atom is 0.407 e. The van der Waals surface area contributed by atoms with Gasteiger partial charge in [0, 0.05) is 31.2 Å². The number of ether oxygens (including phenoxy) is 1. The fourth-order valence-electron chi connectivity index (χ4n) is 4.20. The molecular weight excluding hydrogens is 364 g/mol. The second kappa shape index (κ2) is 7.67. The molecule has 154 valence electrons. The highest BCUT2D eigenvalue weighted by Crippen LogP contribution is 2.45. The van der Waals surface area contributed by atoms with Crippen molar-refractivity contribution in [1.29, 1.82) is 0 Å². The first-order chi connectivity index (χ1) is 13.8. The zero-order valence-electron chi connectivity index (χ0n) is 17.4. The number of carbonyl (C=O) groups is 1. The summed E-state index contributed by atoms with van der Waals surface area (Å²) < 4.78 is 5.36. The van der Waals surface area contributed by atoms with Gasteiger partial charge in [0.1, 0.15) is 11.4 Å². The van der Waals surface area contributed by atoms with E-state index >= 15 is 0 Å². The summed E-state index contributed by atoms with van der Waals surface area (Å²) in [6.45, 7) is 8.82. The summed E-state index contributed by atoms with van der Waals surface area (Å²) in [5.74, 6) is 1.68. The van der Waals surface area contributed by atoms with Crippen molar-refractivity contribution in [1.82, 2.24) is 15.2 Å². The standard InChI is InChI=1S/C23H30N4O2/c1-23(2,3)29-22(28)26-21-17-13-27(14-18(17)21)12-11-15-7-9-16(10-8-15)19-5-4-6-20(24)25-19/h4-10,17-18,21H,11-14H2,1-3H3,(H2,24,25)(H,26,28). The number of alkyl carbamates (subject to hydrolysis) is 1. The Labute approximate surface area is 172 Å². The van der Waals surface area contributed by atoms with Crippen molar-refractivity contribution in [2.45, 2.75) is 38.8 Å². The summed E-state index contributed by atoms with van der Waals surface area (Å²) in [4.78, 5) is 18.8. The fraction of sp³-hybridized carbons (Fsp3) is 0.478. The number of nitrogen functional groups attached to an aromatic ring is 1. The van der Waals surface area contributed by atoms with Crippen LogP contribution in [0.5, 0.6) is 0 Å². The number of nitrogens with two attached hydrogens (primary N) is 1. The van der Waals surface area contributed by atoms with Crippen LogP contribution in [0.3, 0.4) is 0 Å². The van der Waals surface area contributed by atoms with Crippen LogP contribution in [0.15, 0.2) is 42.5 Å². The van der Waals surface area contributed by atoms with Gasteiger partial charge in [-0.05, 0) is 56.7 Å². The number of rotatable bonds is 5. The van der Waals surface area contributed by atoms with Gasteiger partial charge in [-0.1, -0.05) is 30.3 Å². The van der Waals surface area contributed by atoms with E-state index in [2.05, 4.69) is 39.5 Å². The average Bonchev–Trinajstić information content (AvgIpc) is 3.09. The van der Waals surface area contributed by atoms with Gasteiger partial charge in [-0.2, -0.15) is 0 Å². The molecule has 2 aliphatic rings. The first-order valence-electron chi connectivity index (χ1n) is 10.3. The first kappa shape index (κ1) is 19.7. The molecule has 6 heteroatoms. The smallest absolute Gasteiger partial charge is 0.407 e. The Hall–Kier alpha value is -2.60. The fourth-order valence-corrected chi connectivity index (χ4v) is 4.20. The predicted octanol–water partition coefficient (Wildman–Crippen LogP) is 3.33. The molecular formula is C23H30N4O2. The lowest BCUT2D eigenvalue weighted by molar-refractivity contribution is 0.0514. The van der Waals surface area contributed by atoms with E-state index in [0.717, 1.165) is 37.3 Å². The van der Waals surface area contributed by atoms with Crippen LogP contribution in [0.25, 0.3) is 11.3 Å². The maximum atomic E-state index is 11.9. The van der Waals surface area contributed by atoms with Gasteiger partial charge in [0.05, 0.1) is 5.69 Å². The number of nitrogens with zero attached hydrogens (tertiary/aromatic N) is 2. The SMILES string of the molecule is CC(C)(C)OC(=O)NC1C2CN(CCc3ccc(-c4cccc(N)n4)cc3)CC21. The Morgan fingerprint density at radius 1 is 1.17 bits per heavy atom. The van der Waals surface area contributed by atoms with Crippen molar-refractivity contribution in [3.63, 3.8) is 0 Å². The third-order valence-electron chi connectivity index (χ3n) is 5.69. The van der Waals surface area contributed by atoms with E-state index in [1.165, 1.54) is 5.56 Å². The van der Waals surface area contributed by atoms with Crippen LogP contribution in [0.4, 0.5) is 10.6 Å². The Morgan fingerprint density at radius 3 is 2.48 bits per heavy atom. The van der Waals surface area contributed by atoms with Gasteiger partial charge in [0.15, 0.2) is 0 Å². The molecule has 2 aromatic rings. The Kier molecular flexibility index (Phi) is 5.21. The molecule has 0 spiro atoms. The first-order valence-corrected chi connectivity index (χ1v) is 10.3. The molecule has 1 saturated heterocycles. The van der Waals surface area contributed by atoms with Gasteiger partial charge in [0.2, 0.25) is 0 Å². The van der Waals surface area contributed by atoms with Crippen LogP contribution in [0, 0.1) is 11.8 Å². The van der Waals surface area contributed by atoms with Crippen molar-refractivity contribution >= 4 is 11.9 Å². The van der Waals surface area contributed by atoms with Gasteiger partial charge in [-0.15, -0.1) is 0 Å². The van der Waals surface area contributed by atoms with E-state index in [1.54, 1.807) is 6.07 Å². The third-order valence-corrected chi connectivity index (χ3v) is 5.69. The number of hydrogen-bond acceptors (Lipinski definition) is 5. The zero-order valence-corrected chi connectivity index (χ0v) is 17.4. The molecule has 1 amide bonds. The summed E-state index contributed by atoms with van der Waals surface area (Å²) >= 11 is 0. The Bertz CT molecular complexity index is 863. The van der Waals surface area contributed by atoms with E-state index < -0.39 is 5.60 Å². The highest BCUT2D eigenvalue weighted by molar-refractivity contribution is 5.69. The molecule has 0 radical (unpaired) electrons. The number of likely N-dealkylation sites (tertiary alicyclic amines) is 1. The number of aromatic nitrogens is 1. The van der Waals surface area contributed by atoms with Crippen molar-refractivity contribution in [3.05, 3.63) is 48.0 Å². The Morgan fingerprint density at radius 2 is 1.86 bits per heavy atom. The monoisotopic (exact) mass is 394 g/mol. The van der Waals surface area contributed by atoms with E-state index in [4.69, 9.17) is 10.5 Å². The number of carbonyl (C=O) groups excluding carboxylic acids is 1. The van der Waals surface area contributed by atoms with Crippen LogP contribution in [-0.4, -0.2) is 47.3 Å². The topological polar surface area (TPSA) is 80.5 Å². The molecule has 2 fully saturated rings. The molecule has 2 atom stereocenters. The summed E-state index contributed by atoms with van der Waals surface area (Å²) in [6.07, 6.45) is 0.729. The van der Waals surface area contributed by atoms with E-state index in [-0.39, 0.29) is 12.1 Å². The van der Waals surface area contributed by atoms with Crippen molar-refractivity contribution in [2.24, 2.45) is 11.8 Å². The van der Waals surface area contributed by atoms with E-state index in [0.29, 0.717) is 17.7 Å². The Balaban J connectivity index is 1.21. The van der Waals surface area contributed by atoms with Crippen molar-refractivity contribution in [3.8, 4) is 11.3 Å². The number of anilines is 1. The molecule has 3 N–H and O–H groups in total. The molecule has 6 nitrogen and oxygen atoms in total. The molecule has 2 heterocycles. The number of piperidine rings is 1. The minimum atomic E-state index is -0.446. The van der Waals surface area contributed by atoms with Gasteiger partial charge in [0.25, 0.3) is 0 Å². The minimum Gasteiger partial charge on any atom is -0.444 e. The van der Waals surface area contributed by atoms with Crippen LogP contribution >= 0.6 is 0 Å². The molecule has 1 aromatic heterocycles. The lowest BCUT2D eigenvalue weighted by atomic mass is 10.1. The van der Waals surface area contributed by atoms with Gasteiger partial charge in [-0.3, -0.25) is 0 Å². The van der Waals surface area contributed by atoms with Crippen LogP contribution in [-0.2, 0) is 11.2 Å². The number of hydrogen-bond donors (Lipinski definition) is 2. The molecule has 2 unspecified atom stereocenters. The summed E-state index contributed by atoms with van der Waals surface area (Å²) in [5.41, 5.74) is 8.64. The molecule has 1 aromatic carbocycles. The maximum absolute atomic E-state index is 11.9. The minimum absolute atomic E-state index is 0.284. The predicted molar refractivity (Wildman–Crippen MR) is 114 cm³/mol. The highest BCUT2D eigenvalue weighted by Gasteiger charge is 2.56. The van der Waals surface area contributed by atoms with Crippen LogP contribution < -0.4 is 11.1 Å². The van der Waals surface area contributed by atoms with Gasteiger partial charge >= 0.3 is 6.09 Å². The van der Waals surface area contributed by atoms with E-state index in [1.807, 2.05) is 32.9 Å². The van der Waals surface area contributed by atoms with Crippen molar-refractivity contribution in [2.75, 3.05) is 25.4 Å². The zero-order chi connectivity index (χ0) is 20.6. The number of amides is 1. The average molecular weight is 395 g/mol. The third kappa shape index (κ3) is 4.88. The number of benzene rings is 1. The molecule has 29 heavy (non-hydrogen) atoms. The summed E-state index contributed by atoms with van der Waals surface area (Å²) in [6, 6.07) is 14.5. The summed E-state index contributed by atoms with van der Waals surface area (Å²) in [7, 11) is 0. The quantitative estimate of drug-likeness (QED) is 0.813. The number of nitrogens with one attached hydrogen (secondary N) is 1. The molecule has 1 aliphatic heterocycles. The van der Waals surface area contributed by atoms with Crippen molar-refractivity contribution < 1.29 is 9.53 Å². The lowest BCUT2D eigenvalue weighted by Crippen LogP contribution is -2.38. The highest BCUT2D eigenvalue weighted by atomic mass is 16.6. The van der Waals surface area contributed by atoms with Crippen LogP contribution in [0.1, 0.15) is 26.3 Å².